The fourth-order valence-corrected chi connectivity index (χ4v) is 3.66. The maximum absolute atomic E-state index is 8.79. The van der Waals surface area contributed by atoms with Gasteiger partial charge in [-0.3, -0.25) is 0 Å². The van der Waals surface area contributed by atoms with Gasteiger partial charge in [0, 0.05) is 30.0 Å². The SMILES string of the molecule is C[C@H]1C[C@@H](N(C)C)CN1c1ccc(-n2cnc(Nc3cnc(C#N)cn3)c2)cc1. The zero-order valence-electron chi connectivity index (χ0n) is 16.8. The highest BCUT2D eigenvalue weighted by Crippen LogP contribution is 2.28. The van der Waals surface area contributed by atoms with Crippen molar-refractivity contribution in [3.63, 3.8) is 0 Å². The van der Waals surface area contributed by atoms with Crippen molar-refractivity contribution in [2.75, 3.05) is 30.9 Å². The van der Waals surface area contributed by atoms with Crippen LogP contribution in [0.2, 0.25) is 0 Å². The Morgan fingerprint density at radius 3 is 2.45 bits per heavy atom. The molecule has 0 amide bonds. The molecule has 3 aromatic rings. The predicted molar refractivity (Wildman–Crippen MR) is 112 cm³/mol. The molecular formula is C21H24N8. The molecule has 1 saturated heterocycles. The van der Waals surface area contributed by atoms with Crippen LogP contribution in [0.5, 0.6) is 0 Å². The Balaban J connectivity index is 1.45. The molecule has 0 saturated carbocycles. The molecule has 0 bridgehead atoms. The van der Waals surface area contributed by atoms with E-state index >= 15 is 0 Å². The van der Waals surface area contributed by atoms with Crippen LogP contribution in [0, 0.1) is 11.3 Å². The van der Waals surface area contributed by atoms with E-state index in [1.54, 1.807) is 6.33 Å². The minimum Gasteiger partial charge on any atom is -0.367 e. The zero-order valence-corrected chi connectivity index (χ0v) is 16.8. The average molecular weight is 388 g/mol. The van der Waals surface area contributed by atoms with Crippen LogP contribution in [0.15, 0.2) is 49.2 Å². The highest BCUT2D eigenvalue weighted by molar-refractivity contribution is 5.54. The molecular weight excluding hydrogens is 364 g/mol. The molecule has 0 unspecified atom stereocenters. The van der Waals surface area contributed by atoms with E-state index < -0.39 is 0 Å². The van der Waals surface area contributed by atoms with Crippen LogP contribution < -0.4 is 10.2 Å². The quantitative estimate of drug-likeness (QED) is 0.719. The molecule has 29 heavy (non-hydrogen) atoms. The van der Waals surface area contributed by atoms with Crippen molar-refractivity contribution in [1.29, 1.82) is 5.26 Å². The summed E-state index contributed by atoms with van der Waals surface area (Å²) in [6.45, 7) is 3.34. The second-order valence-electron chi connectivity index (χ2n) is 7.56. The van der Waals surface area contributed by atoms with Gasteiger partial charge < -0.3 is 19.7 Å². The Labute approximate surface area is 170 Å². The van der Waals surface area contributed by atoms with Crippen molar-refractivity contribution in [2.24, 2.45) is 0 Å². The lowest BCUT2D eigenvalue weighted by Gasteiger charge is -2.24. The van der Waals surface area contributed by atoms with E-state index in [-0.39, 0.29) is 5.69 Å². The molecule has 1 aliphatic rings. The molecule has 8 nitrogen and oxygen atoms in total. The third-order valence-corrected chi connectivity index (χ3v) is 5.37. The van der Waals surface area contributed by atoms with E-state index in [9.17, 15) is 0 Å². The van der Waals surface area contributed by atoms with E-state index in [1.165, 1.54) is 24.5 Å². The lowest BCUT2D eigenvalue weighted by molar-refractivity contribution is 0.311. The summed E-state index contributed by atoms with van der Waals surface area (Å²) in [6.07, 6.45) is 7.79. The van der Waals surface area contributed by atoms with Gasteiger partial charge in [-0.15, -0.1) is 0 Å². The maximum Gasteiger partial charge on any atom is 0.158 e. The predicted octanol–water partition coefficient (Wildman–Crippen LogP) is 2.81. The Kier molecular flexibility index (Phi) is 5.14. The van der Waals surface area contributed by atoms with Gasteiger partial charge in [0.15, 0.2) is 5.69 Å². The molecule has 3 heterocycles. The van der Waals surface area contributed by atoms with Gasteiger partial charge in [-0.25, -0.2) is 15.0 Å². The van der Waals surface area contributed by atoms with Crippen LogP contribution in [-0.2, 0) is 0 Å². The van der Waals surface area contributed by atoms with Crippen molar-refractivity contribution in [2.45, 2.75) is 25.4 Å². The summed E-state index contributed by atoms with van der Waals surface area (Å²) in [5.41, 5.74) is 2.57. The summed E-state index contributed by atoms with van der Waals surface area (Å²) in [6, 6.07) is 11.6. The number of imidazole rings is 1. The molecule has 148 valence electrons. The Morgan fingerprint density at radius 1 is 1.07 bits per heavy atom. The lowest BCUT2D eigenvalue weighted by atomic mass is 10.2. The van der Waals surface area contributed by atoms with E-state index in [4.69, 9.17) is 5.26 Å². The van der Waals surface area contributed by atoms with E-state index in [0.29, 0.717) is 23.7 Å². The minimum absolute atomic E-state index is 0.283. The van der Waals surface area contributed by atoms with Crippen molar-refractivity contribution in [3.05, 3.63) is 54.9 Å². The van der Waals surface area contributed by atoms with Crippen LogP contribution in [0.4, 0.5) is 17.3 Å². The number of rotatable bonds is 5. The first-order chi connectivity index (χ1) is 14.0. The first-order valence-electron chi connectivity index (χ1n) is 9.60. The van der Waals surface area contributed by atoms with E-state index in [1.807, 2.05) is 16.8 Å². The molecule has 1 aliphatic heterocycles. The third kappa shape index (κ3) is 4.05. The second-order valence-corrected chi connectivity index (χ2v) is 7.56. The summed E-state index contributed by atoms with van der Waals surface area (Å²) in [5.74, 6) is 1.21. The number of nitrogens with one attached hydrogen (secondary N) is 1. The van der Waals surface area contributed by atoms with Crippen LogP contribution in [-0.4, -0.2) is 57.1 Å². The fourth-order valence-electron chi connectivity index (χ4n) is 3.66. The number of nitriles is 1. The molecule has 1 aromatic carbocycles. The Morgan fingerprint density at radius 2 is 1.83 bits per heavy atom. The van der Waals surface area contributed by atoms with Crippen molar-refractivity contribution >= 4 is 17.3 Å². The van der Waals surface area contributed by atoms with Crippen LogP contribution in [0.25, 0.3) is 5.69 Å². The topological polar surface area (TPSA) is 85.9 Å². The van der Waals surface area contributed by atoms with Gasteiger partial charge in [0.1, 0.15) is 24.0 Å². The van der Waals surface area contributed by atoms with E-state index in [0.717, 1.165) is 12.2 Å². The summed E-state index contributed by atoms with van der Waals surface area (Å²) < 4.78 is 1.96. The first kappa shape index (κ1) is 18.9. The molecule has 2 atom stereocenters. The number of nitrogens with zero attached hydrogens (tertiary/aromatic N) is 7. The van der Waals surface area contributed by atoms with Gasteiger partial charge in [-0.2, -0.15) is 5.26 Å². The smallest absolute Gasteiger partial charge is 0.158 e. The summed E-state index contributed by atoms with van der Waals surface area (Å²) >= 11 is 0. The van der Waals surface area contributed by atoms with Crippen molar-refractivity contribution in [1.82, 2.24) is 24.4 Å². The summed E-state index contributed by atoms with van der Waals surface area (Å²) in [7, 11) is 4.30. The monoisotopic (exact) mass is 388 g/mol. The van der Waals surface area contributed by atoms with Gasteiger partial charge >= 0.3 is 0 Å². The lowest BCUT2D eigenvalue weighted by Crippen LogP contribution is -2.32. The highest BCUT2D eigenvalue weighted by Gasteiger charge is 2.30. The van der Waals surface area contributed by atoms with Gasteiger partial charge in [0.25, 0.3) is 0 Å². The number of hydrogen-bond donors (Lipinski definition) is 1. The fraction of sp³-hybridized carbons (Fsp3) is 0.333. The third-order valence-electron chi connectivity index (χ3n) is 5.37. The van der Waals surface area contributed by atoms with Crippen LogP contribution in [0.3, 0.4) is 0 Å². The summed E-state index contributed by atoms with van der Waals surface area (Å²) in [5, 5.41) is 11.9. The maximum atomic E-state index is 8.79. The van der Waals surface area contributed by atoms with Crippen LogP contribution in [0.1, 0.15) is 19.0 Å². The number of anilines is 3. The van der Waals surface area contributed by atoms with Crippen molar-refractivity contribution in [3.8, 4) is 11.8 Å². The molecule has 1 fully saturated rings. The normalized spacial score (nSPS) is 18.8. The van der Waals surface area contributed by atoms with E-state index in [2.05, 4.69) is 75.4 Å². The molecule has 1 N–H and O–H groups in total. The standard InChI is InChI=1S/C21H24N8/c1-15-8-19(27(2)3)12-29(15)18-6-4-17(5-7-18)28-13-21(25-14-28)26-20-11-23-16(9-22)10-24-20/h4-7,10-11,13-15,19H,8,12H2,1-3H3,(H,24,26)/t15-,19+/m0/s1. The van der Waals surface area contributed by atoms with Gasteiger partial charge in [-0.05, 0) is 51.7 Å². The second kappa shape index (κ2) is 7.89. The molecule has 0 aliphatic carbocycles. The number of aromatic nitrogens is 4. The first-order valence-corrected chi connectivity index (χ1v) is 9.60. The number of benzene rings is 1. The molecule has 8 heteroatoms. The molecule has 0 radical (unpaired) electrons. The highest BCUT2D eigenvalue weighted by atomic mass is 15.3. The van der Waals surface area contributed by atoms with Crippen molar-refractivity contribution < 1.29 is 0 Å². The Hall–Kier alpha value is -3.44. The van der Waals surface area contributed by atoms with Gasteiger partial charge in [0.05, 0.1) is 18.6 Å². The molecule has 4 rings (SSSR count). The minimum atomic E-state index is 0.283. The Bertz CT molecular complexity index is 1000. The molecule has 2 aromatic heterocycles. The van der Waals surface area contributed by atoms with Gasteiger partial charge in [0.2, 0.25) is 0 Å². The summed E-state index contributed by atoms with van der Waals surface area (Å²) in [4.78, 5) is 17.3. The van der Waals surface area contributed by atoms with Crippen LogP contribution >= 0.6 is 0 Å². The average Bonchev–Trinajstić information content (AvgIpc) is 3.35. The number of likely N-dealkylation sites (N-methyl/N-ethyl adjacent to an activating group) is 1. The van der Waals surface area contributed by atoms with Gasteiger partial charge in [-0.1, -0.05) is 0 Å². The largest absolute Gasteiger partial charge is 0.367 e. The number of hydrogen-bond acceptors (Lipinski definition) is 7. The zero-order chi connectivity index (χ0) is 20.4. The molecule has 0 spiro atoms.